The van der Waals surface area contributed by atoms with Crippen LogP contribution in [0.2, 0.25) is 0 Å². The molecule has 2 heterocycles. The van der Waals surface area contributed by atoms with Crippen molar-refractivity contribution in [1.29, 1.82) is 0 Å². The number of aromatic nitrogens is 1. The molecule has 1 aliphatic rings. The molecule has 1 amide bonds. The van der Waals surface area contributed by atoms with E-state index in [0.29, 0.717) is 16.5 Å². The van der Waals surface area contributed by atoms with Gasteiger partial charge < -0.3 is 14.6 Å². The molecule has 4 rings (SSSR count). The molecule has 1 aromatic heterocycles. The summed E-state index contributed by atoms with van der Waals surface area (Å²) < 4.78 is 33.4. The number of rotatable bonds is 5. The zero-order valence-electron chi connectivity index (χ0n) is 14.9. The van der Waals surface area contributed by atoms with E-state index in [0.717, 1.165) is 12.1 Å². The highest BCUT2D eigenvalue weighted by Crippen LogP contribution is 2.23. The zero-order valence-corrected chi connectivity index (χ0v) is 14.9. The summed E-state index contributed by atoms with van der Waals surface area (Å²) in [4.78, 5) is 36.1. The second-order valence-corrected chi connectivity index (χ2v) is 6.53. The van der Waals surface area contributed by atoms with Gasteiger partial charge in [0.15, 0.2) is 0 Å². The van der Waals surface area contributed by atoms with Crippen molar-refractivity contribution in [1.82, 2.24) is 9.88 Å². The number of amides is 1. The zero-order chi connectivity index (χ0) is 20.5. The number of esters is 1. The van der Waals surface area contributed by atoms with Gasteiger partial charge >= 0.3 is 5.97 Å². The molecule has 0 fully saturated rings. The van der Waals surface area contributed by atoms with Gasteiger partial charge in [0, 0.05) is 35.8 Å². The van der Waals surface area contributed by atoms with Gasteiger partial charge in [-0.1, -0.05) is 18.2 Å². The van der Waals surface area contributed by atoms with Gasteiger partial charge in [-0.05, 0) is 23.8 Å². The van der Waals surface area contributed by atoms with Crippen molar-refractivity contribution in [3.8, 4) is 0 Å². The van der Waals surface area contributed by atoms with Crippen LogP contribution < -0.4 is 5.32 Å². The number of fused-ring (bicyclic) bond motifs is 1. The molecule has 0 atom stereocenters. The highest BCUT2D eigenvalue weighted by molar-refractivity contribution is 6.45. The van der Waals surface area contributed by atoms with Crippen LogP contribution in [0, 0.1) is 11.6 Å². The minimum atomic E-state index is -0.908. The standard InChI is InChI=1S/C21H14F2N2O4/c22-13-5-12(6-14(23)7-13)9-25-10-17(16-3-1-2-4-18(16)25)20(27)21(28)24-15-8-19(26)29-11-15/h1-8,10H,9,11H2,(H,24,28). The summed E-state index contributed by atoms with van der Waals surface area (Å²) in [6.07, 6.45) is 2.58. The molecule has 0 radical (unpaired) electrons. The van der Waals surface area contributed by atoms with Crippen LogP contribution >= 0.6 is 0 Å². The number of nitrogens with one attached hydrogen (secondary N) is 1. The van der Waals surface area contributed by atoms with E-state index in [9.17, 15) is 23.2 Å². The molecule has 0 bridgehead atoms. The highest BCUT2D eigenvalue weighted by Gasteiger charge is 2.24. The van der Waals surface area contributed by atoms with Crippen LogP contribution in [0.4, 0.5) is 8.78 Å². The lowest BCUT2D eigenvalue weighted by Crippen LogP contribution is -2.31. The minimum absolute atomic E-state index is 0.106. The molecule has 0 spiro atoms. The topological polar surface area (TPSA) is 77.4 Å². The minimum Gasteiger partial charge on any atom is -0.456 e. The molecule has 0 saturated carbocycles. The summed E-state index contributed by atoms with van der Waals surface area (Å²) in [5.74, 6) is -3.70. The maximum atomic E-state index is 13.5. The third-order valence-electron chi connectivity index (χ3n) is 4.45. The van der Waals surface area contributed by atoms with E-state index in [-0.39, 0.29) is 24.4 Å². The Bertz CT molecular complexity index is 1180. The molecule has 3 aromatic rings. The summed E-state index contributed by atoms with van der Waals surface area (Å²) in [5.41, 5.74) is 1.35. The number of para-hydroxylation sites is 1. The summed E-state index contributed by atoms with van der Waals surface area (Å²) in [6, 6.07) is 10.1. The second-order valence-electron chi connectivity index (χ2n) is 6.53. The van der Waals surface area contributed by atoms with Crippen LogP contribution in [0.25, 0.3) is 10.9 Å². The third kappa shape index (κ3) is 3.77. The third-order valence-corrected chi connectivity index (χ3v) is 4.45. The van der Waals surface area contributed by atoms with E-state index in [4.69, 9.17) is 0 Å². The number of nitrogens with zero attached hydrogens (tertiary/aromatic N) is 1. The van der Waals surface area contributed by atoms with Crippen molar-refractivity contribution in [2.75, 3.05) is 6.61 Å². The van der Waals surface area contributed by atoms with E-state index in [1.54, 1.807) is 28.8 Å². The first-order valence-corrected chi connectivity index (χ1v) is 8.66. The number of cyclic esters (lactones) is 1. The highest BCUT2D eigenvalue weighted by atomic mass is 19.1. The van der Waals surface area contributed by atoms with Crippen LogP contribution in [0.5, 0.6) is 0 Å². The van der Waals surface area contributed by atoms with Crippen LogP contribution in [-0.2, 0) is 20.9 Å². The van der Waals surface area contributed by atoms with Crippen LogP contribution in [0.15, 0.2) is 60.4 Å². The van der Waals surface area contributed by atoms with Gasteiger partial charge in [0.1, 0.15) is 18.2 Å². The molecule has 1 aliphatic heterocycles. The van der Waals surface area contributed by atoms with Crippen molar-refractivity contribution < 1.29 is 27.9 Å². The Hall–Kier alpha value is -3.81. The first-order chi connectivity index (χ1) is 13.9. The van der Waals surface area contributed by atoms with Crippen molar-refractivity contribution in [2.24, 2.45) is 0 Å². The first kappa shape index (κ1) is 18.5. The molecule has 6 nitrogen and oxygen atoms in total. The van der Waals surface area contributed by atoms with Crippen LogP contribution in [-0.4, -0.2) is 28.8 Å². The van der Waals surface area contributed by atoms with Gasteiger partial charge in [-0.25, -0.2) is 13.6 Å². The Balaban J connectivity index is 1.66. The monoisotopic (exact) mass is 396 g/mol. The van der Waals surface area contributed by atoms with Gasteiger partial charge in [0.25, 0.3) is 11.7 Å². The molecule has 2 aromatic carbocycles. The fourth-order valence-corrected chi connectivity index (χ4v) is 3.23. The molecule has 1 N–H and O–H groups in total. The van der Waals surface area contributed by atoms with Crippen molar-refractivity contribution in [3.63, 3.8) is 0 Å². The van der Waals surface area contributed by atoms with E-state index >= 15 is 0 Å². The smallest absolute Gasteiger partial charge is 0.333 e. The number of benzene rings is 2. The molecule has 0 aliphatic carbocycles. The Morgan fingerprint density at radius 3 is 2.52 bits per heavy atom. The van der Waals surface area contributed by atoms with Gasteiger partial charge in [0.2, 0.25) is 0 Å². The quantitative estimate of drug-likeness (QED) is 0.409. The Morgan fingerprint density at radius 2 is 1.83 bits per heavy atom. The number of halogens is 2. The largest absolute Gasteiger partial charge is 0.456 e. The van der Waals surface area contributed by atoms with Gasteiger partial charge in [-0.3, -0.25) is 9.59 Å². The van der Waals surface area contributed by atoms with Gasteiger partial charge in [0.05, 0.1) is 11.3 Å². The molecule has 146 valence electrons. The number of ketones is 1. The molecule has 0 unspecified atom stereocenters. The summed E-state index contributed by atoms with van der Waals surface area (Å²) in [7, 11) is 0. The van der Waals surface area contributed by atoms with Crippen molar-refractivity contribution in [2.45, 2.75) is 6.54 Å². The summed E-state index contributed by atoms with van der Waals surface area (Å²) in [6.45, 7) is 0.00232. The van der Waals surface area contributed by atoms with E-state index in [2.05, 4.69) is 10.1 Å². The Labute approximate surface area is 163 Å². The van der Waals surface area contributed by atoms with E-state index in [1.807, 2.05) is 0 Å². The molecular weight excluding hydrogens is 382 g/mol. The predicted molar refractivity (Wildman–Crippen MR) is 98.9 cm³/mol. The van der Waals surface area contributed by atoms with Crippen molar-refractivity contribution in [3.05, 3.63) is 83.2 Å². The van der Waals surface area contributed by atoms with Crippen LogP contribution in [0.3, 0.4) is 0 Å². The maximum absolute atomic E-state index is 13.5. The number of hydrogen-bond acceptors (Lipinski definition) is 4. The Morgan fingerprint density at radius 1 is 1.10 bits per heavy atom. The predicted octanol–water partition coefficient (Wildman–Crippen LogP) is 2.71. The molecule has 8 heteroatoms. The fourth-order valence-electron chi connectivity index (χ4n) is 3.23. The lowest BCUT2D eigenvalue weighted by atomic mass is 10.1. The summed E-state index contributed by atoms with van der Waals surface area (Å²) >= 11 is 0. The molecule has 29 heavy (non-hydrogen) atoms. The average Bonchev–Trinajstić information content (AvgIpc) is 3.24. The lowest BCUT2D eigenvalue weighted by molar-refractivity contribution is -0.135. The fraction of sp³-hybridized carbons (Fsp3) is 0.0952. The average molecular weight is 396 g/mol. The van der Waals surface area contributed by atoms with E-state index in [1.165, 1.54) is 18.3 Å². The number of carbonyl (C=O) groups is 3. The van der Waals surface area contributed by atoms with Crippen LogP contribution in [0.1, 0.15) is 15.9 Å². The normalized spacial score (nSPS) is 13.3. The molecular formula is C21H14F2N2O4. The molecule has 0 saturated heterocycles. The van der Waals surface area contributed by atoms with Crippen molar-refractivity contribution >= 4 is 28.6 Å². The van der Waals surface area contributed by atoms with Gasteiger partial charge in [-0.15, -0.1) is 0 Å². The Kier molecular flexibility index (Phi) is 4.67. The second kappa shape index (κ2) is 7.31. The maximum Gasteiger partial charge on any atom is 0.333 e. The number of Topliss-reactive ketones (excluding diaryl/α,β-unsaturated/α-hetero) is 1. The summed E-state index contributed by atoms with van der Waals surface area (Å²) in [5, 5.41) is 2.89. The lowest BCUT2D eigenvalue weighted by Gasteiger charge is -2.06. The number of carbonyl (C=O) groups excluding carboxylic acids is 3. The first-order valence-electron chi connectivity index (χ1n) is 8.66. The van der Waals surface area contributed by atoms with Gasteiger partial charge in [-0.2, -0.15) is 0 Å². The number of hydrogen-bond donors (Lipinski definition) is 1. The SMILES string of the molecule is O=C1C=C(NC(=O)C(=O)c2cn(Cc3cc(F)cc(F)c3)c3ccccc23)CO1. The number of ether oxygens (including phenoxy) is 1. The van der Waals surface area contributed by atoms with E-state index < -0.39 is 29.3 Å².